The van der Waals surface area contributed by atoms with E-state index in [0.717, 1.165) is 11.8 Å². The molecule has 0 atom stereocenters. The summed E-state index contributed by atoms with van der Waals surface area (Å²) in [5.41, 5.74) is 0.738. The van der Waals surface area contributed by atoms with E-state index in [1.807, 2.05) is 32.0 Å². The van der Waals surface area contributed by atoms with Crippen LogP contribution in [0.3, 0.4) is 0 Å². The number of rotatable bonds is 4. The fourth-order valence-electron chi connectivity index (χ4n) is 2.13. The van der Waals surface area contributed by atoms with Gasteiger partial charge in [-0.05, 0) is 23.6 Å². The van der Waals surface area contributed by atoms with E-state index in [0.29, 0.717) is 5.69 Å². The summed E-state index contributed by atoms with van der Waals surface area (Å²) in [4.78, 5) is 8.84. The lowest BCUT2D eigenvalue weighted by atomic mass is 10.0. The van der Waals surface area contributed by atoms with Crippen LogP contribution in [0.2, 0.25) is 0 Å². The molecule has 0 bridgehead atoms. The number of aromatic nitrogens is 2. The van der Waals surface area contributed by atoms with E-state index in [1.54, 1.807) is 6.07 Å². The Balaban J connectivity index is 2.53. The third-order valence-electron chi connectivity index (χ3n) is 3.48. The highest BCUT2D eigenvalue weighted by Gasteiger charge is 2.36. The van der Waals surface area contributed by atoms with Crippen molar-refractivity contribution in [1.29, 1.82) is 0 Å². The molecule has 124 valence electrons. The second-order valence-electron chi connectivity index (χ2n) is 5.40. The van der Waals surface area contributed by atoms with E-state index in [2.05, 4.69) is 9.97 Å². The zero-order valence-electron chi connectivity index (χ0n) is 13.3. The second-order valence-corrected chi connectivity index (χ2v) is 5.40. The van der Waals surface area contributed by atoms with Gasteiger partial charge < -0.3 is 9.64 Å². The first-order valence-electron chi connectivity index (χ1n) is 7.06. The van der Waals surface area contributed by atoms with Gasteiger partial charge >= 0.3 is 12.2 Å². The van der Waals surface area contributed by atoms with E-state index in [4.69, 9.17) is 4.74 Å². The maximum absolute atomic E-state index is 13.2. The van der Waals surface area contributed by atoms with Crippen LogP contribution in [0, 0.1) is 0 Å². The predicted molar refractivity (Wildman–Crippen MR) is 82.2 cm³/mol. The molecule has 0 spiro atoms. The highest BCUT2D eigenvalue weighted by molar-refractivity contribution is 5.63. The molecule has 0 amide bonds. The highest BCUT2D eigenvalue weighted by atomic mass is 19.4. The van der Waals surface area contributed by atoms with Crippen molar-refractivity contribution in [1.82, 2.24) is 9.97 Å². The van der Waals surface area contributed by atoms with Gasteiger partial charge in [0.15, 0.2) is 5.82 Å². The van der Waals surface area contributed by atoms with Gasteiger partial charge in [-0.25, -0.2) is 4.98 Å². The molecule has 23 heavy (non-hydrogen) atoms. The van der Waals surface area contributed by atoms with Gasteiger partial charge in [-0.3, -0.25) is 0 Å². The largest absolute Gasteiger partial charge is 0.467 e. The first-order valence-corrected chi connectivity index (χ1v) is 7.06. The lowest BCUT2D eigenvalue weighted by molar-refractivity contribution is -0.137. The minimum Gasteiger partial charge on any atom is -0.467 e. The Kier molecular flexibility index (Phi) is 4.77. The van der Waals surface area contributed by atoms with Gasteiger partial charge in [-0.1, -0.05) is 26.0 Å². The van der Waals surface area contributed by atoms with Gasteiger partial charge in [-0.2, -0.15) is 18.2 Å². The summed E-state index contributed by atoms with van der Waals surface area (Å²) in [6.07, 6.45) is -3.81. The average molecular weight is 325 g/mol. The third kappa shape index (κ3) is 3.72. The van der Waals surface area contributed by atoms with Crippen LogP contribution in [0.1, 0.15) is 30.9 Å². The van der Waals surface area contributed by atoms with Gasteiger partial charge in [-0.15, -0.1) is 0 Å². The van der Waals surface area contributed by atoms with Crippen molar-refractivity contribution in [2.75, 3.05) is 19.1 Å². The first-order chi connectivity index (χ1) is 10.7. The van der Waals surface area contributed by atoms with Crippen LogP contribution in [0.25, 0.3) is 0 Å². The topological polar surface area (TPSA) is 38.2 Å². The SMILES string of the molecule is COc1ncc(C(F)(F)F)c(N(C)c2cccc(C(C)C)c2)n1. The van der Waals surface area contributed by atoms with E-state index < -0.39 is 11.7 Å². The molecule has 0 saturated carbocycles. The molecule has 0 aliphatic rings. The normalized spacial score (nSPS) is 11.7. The molecule has 0 saturated heterocycles. The van der Waals surface area contributed by atoms with Crippen molar-refractivity contribution in [2.45, 2.75) is 25.9 Å². The molecule has 1 aromatic heterocycles. The summed E-state index contributed by atoms with van der Waals surface area (Å²) in [7, 11) is 2.85. The molecular weight excluding hydrogens is 307 g/mol. The third-order valence-corrected chi connectivity index (χ3v) is 3.48. The number of benzene rings is 1. The van der Waals surface area contributed by atoms with Crippen LogP contribution >= 0.6 is 0 Å². The number of hydrogen-bond acceptors (Lipinski definition) is 4. The Hall–Kier alpha value is -2.31. The maximum atomic E-state index is 13.2. The Labute approximate surface area is 132 Å². The van der Waals surface area contributed by atoms with Gasteiger partial charge in [0.2, 0.25) is 0 Å². The van der Waals surface area contributed by atoms with Crippen molar-refractivity contribution in [2.24, 2.45) is 0 Å². The van der Waals surface area contributed by atoms with Crippen LogP contribution in [0.15, 0.2) is 30.5 Å². The van der Waals surface area contributed by atoms with E-state index in [-0.39, 0.29) is 17.7 Å². The molecule has 2 aromatic rings. The fourth-order valence-corrected chi connectivity index (χ4v) is 2.13. The number of hydrogen-bond donors (Lipinski definition) is 0. The van der Waals surface area contributed by atoms with Crippen molar-refractivity contribution >= 4 is 11.5 Å². The van der Waals surface area contributed by atoms with E-state index in [9.17, 15) is 13.2 Å². The van der Waals surface area contributed by atoms with Crippen LogP contribution in [0.5, 0.6) is 6.01 Å². The molecular formula is C16H18F3N3O. The highest BCUT2D eigenvalue weighted by Crippen LogP contribution is 2.38. The van der Waals surface area contributed by atoms with Crippen molar-refractivity contribution in [3.8, 4) is 6.01 Å². The molecule has 0 N–H and O–H groups in total. The smallest absolute Gasteiger partial charge is 0.421 e. The Morgan fingerprint density at radius 3 is 2.48 bits per heavy atom. The summed E-state index contributed by atoms with van der Waals surface area (Å²) in [5.74, 6) is 0.0237. The zero-order chi connectivity index (χ0) is 17.2. The molecule has 0 radical (unpaired) electrons. The Morgan fingerprint density at radius 2 is 1.91 bits per heavy atom. The first kappa shape index (κ1) is 17.1. The van der Waals surface area contributed by atoms with Gasteiger partial charge in [0.25, 0.3) is 0 Å². The summed E-state index contributed by atoms with van der Waals surface area (Å²) in [6.45, 7) is 4.04. The molecule has 1 heterocycles. The number of nitrogens with zero attached hydrogens (tertiary/aromatic N) is 3. The molecule has 0 fully saturated rings. The molecule has 2 rings (SSSR count). The molecule has 0 aliphatic carbocycles. The Bertz CT molecular complexity index is 687. The molecule has 7 heteroatoms. The van der Waals surface area contributed by atoms with Crippen molar-refractivity contribution in [3.05, 3.63) is 41.6 Å². The van der Waals surface area contributed by atoms with Gasteiger partial charge in [0.1, 0.15) is 5.56 Å². The van der Waals surface area contributed by atoms with Crippen LogP contribution < -0.4 is 9.64 Å². The molecule has 0 unspecified atom stereocenters. The van der Waals surface area contributed by atoms with Crippen LogP contribution in [-0.4, -0.2) is 24.1 Å². The number of alkyl halides is 3. The number of methoxy groups -OCH3 is 1. The minimum atomic E-state index is -4.55. The van der Waals surface area contributed by atoms with Crippen LogP contribution in [0.4, 0.5) is 24.7 Å². The zero-order valence-corrected chi connectivity index (χ0v) is 13.3. The van der Waals surface area contributed by atoms with Gasteiger partial charge in [0.05, 0.1) is 7.11 Å². The number of anilines is 2. The standard InChI is InChI=1S/C16H18F3N3O/c1-10(2)11-6-5-7-12(8-11)22(3)14-13(16(17,18)19)9-20-15(21-14)23-4/h5-10H,1-4H3. The van der Waals surface area contributed by atoms with E-state index in [1.165, 1.54) is 19.1 Å². The summed E-state index contributed by atoms with van der Waals surface area (Å²) < 4.78 is 44.5. The fraction of sp³-hybridized carbons (Fsp3) is 0.375. The molecule has 4 nitrogen and oxygen atoms in total. The average Bonchev–Trinajstić information content (AvgIpc) is 2.52. The van der Waals surface area contributed by atoms with Crippen LogP contribution in [-0.2, 0) is 6.18 Å². The number of ether oxygens (including phenoxy) is 1. The summed E-state index contributed by atoms with van der Waals surface area (Å²) in [6, 6.07) is 7.22. The van der Waals surface area contributed by atoms with Gasteiger partial charge in [0, 0.05) is 18.9 Å². The van der Waals surface area contributed by atoms with Crippen molar-refractivity contribution < 1.29 is 17.9 Å². The maximum Gasteiger partial charge on any atom is 0.421 e. The van der Waals surface area contributed by atoms with Crippen molar-refractivity contribution in [3.63, 3.8) is 0 Å². The Morgan fingerprint density at radius 1 is 1.22 bits per heavy atom. The number of halogens is 3. The predicted octanol–water partition coefficient (Wildman–Crippen LogP) is 4.40. The summed E-state index contributed by atoms with van der Waals surface area (Å²) in [5, 5.41) is 0. The summed E-state index contributed by atoms with van der Waals surface area (Å²) >= 11 is 0. The lowest BCUT2D eigenvalue weighted by Crippen LogP contribution is -2.19. The molecule has 0 aliphatic heterocycles. The lowest BCUT2D eigenvalue weighted by Gasteiger charge is -2.23. The minimum absolute atomic E-state index is 0.111. The monoisotopic (exact) mass is 325 g/mol. The van der Waals surface area contributed by atoms with E-state index >= 15 is 0 Å². The molecule has 1 aromatic carbocycles. The quantitative estimate of drug-likeness (QED) is 0.835. The second kappa shape index (κ2) is 6.44.